The predicted molar refractivity (Wildman–Crippen MR) is 96.0 cm³/mol. The Morgan fingerprint density at radius 1 is 1.44 bits per heavy atom. The molecule has 1 aliphatic rings. The van der Waals surface area contributed by atoms with Crippen molar-refractivity contribution in [2.75, 3.05) is 18.0 Å². The Labute approximate surface area is 147 Å². The van der Waals surface area contributed by atoms with Gasteiger partial charge >= 0.3 is 0 Å². The van der Waals surface area contributed by atoms with Crippen LogP contribution >= 0.6 is 0 Å². The van der Waals surface area contributed by atoms with Crippen LogP contribution < -0.4 is 10.2 Å². The van der Waals surface area contributed by atoms with Gasteiger partial charge in [0.1, 0.15) is 11.6 Å². The first-order valence-corrected chi connectivity index (χ1v) is 8.89. The number of amides is 1. The third-order valence-electron chi connectivity index (χ3n) is 4.69. The van der Waals surface area contributed by atoms with Crippen molar-refractivity contribution in [2.24, 2.45) is 0 Å². The zero-order chi connectivity index (χ0) is 17.6. The average molecular weight is 344 g/mol. The fourth-order valence-corrected chi connectivity index (χ4v) is 3.35. The van der Waals surface area contributed by atoms with E-state index in [1.807, 2.05) is 19.2 Å². The number of anilines is 1. The van der Waals surface area contributed by atoms with Gasteiger partial charge in [0.2, 0.25) is 5.91 Å². The fourth-order valence-electron chi connectivity index (χ4n) is 3.35. The number of hydrogen-bond acceptors (Lipinski definition) is 3. The normalized spacial score (nSPS) is 17.5. The molecule has 3 rings (SSSR count). The van der Waals surface area contributed by atoms with Gasteiger partial charge in [0.05, 0.1) is 0 Å². The topological polar surface area (TPSA) is 50.2 Å². The van der Waals surface area contributed by atoms with E-state index in [2.05, 4.69) is 19.8 Å². The van der Waals surface area contributed by atoms with Gasteiger partial charge in [-0.25, -0.2) is 9.37 Å². The minimum absolute atomic E-state index is 0.0869. The zero-order valence-corrected chi connectivity index (χ0v) is 14.6. The molecule has 2 aromatic rings. The number of hydrogen-bond donors (Lipinski definition) is 1. The number of aromatic nitrogens is 2. The largest absolute Gasteiger partial charge is 0.369 e. The lowest BCUT2D eigenvalue weighted by Crippen LogP contribution is -2.47. The molecule has 0 aliphatic carbocycles. The Bertz CT molecular complexity index is 715. The molecule has 0 saturated carbocycles. The summed E-state index contributed by atoms with van der Waals surface area (Å²) < 4.78 is 15.5. The van der Waals surface area contributed by atoms with Crippen LogP contribution in [0.25, 0.3) is 0 Å². The van der Waals surface area contributed by atoms with E-state index in [0.29, 0.717) is 6.42 Å². The maximum absolute atomic E-state index is 13.4. The minimum Gasteiger partial charge on any atom is -0.369 e. The number of aryl methyl sites for hydroxylation is 2. The molecule has 1 aliphatic heterocycles. The maximum atomic E-state index is 13.4. The summed E-state index contributed by atoms with van der Waals surface area (Å²) in [7, 11) is 0. The van der Waals surface area contributed by atoms with Crippen molar-refractivity contribution in [3.8, 4) is 0 Å². The van der Waals surface area contributed by atoms with Crippen molar-refractivity contribution >= 4 is 11.6 Å². The van der Waals surface area contributed by atoms with E-state index < -0.39 is 0 Å². The molecule has 1 atom stereocenters. The quantitative estimate of drug-likeness (QED) is 0.877. The van der Waals surface area contributed by atoms with E-state index in [0.717, 1.165) is 50.4 Å². The average Bonchev–Trinajstić information content (AvgIpc) is 3.00. The first kappa shape index (κ1) is 17.5. The first-order valence-electron chi connectivity index (χ1n) is 8.89. The number of imidazole rings is 1. The lowest BCUT2D eigenvalue weighted by molar-refractivity contribution is -0.122. The summed E-state index contributed by atoms with van der Waals surface area (Å²) in [6.45, 7) is 4.40. The molecule has 1 N–H and O–H groups in total. The number of nitrogens with zero attached hydrogens (tertiary/aromatic N) is 3. The molecule has 2 heterocycles. The van der Waals surface area contributed by atoms with Crippen LogP contribution in [0.15, 0.2) is 36.7 Å². The van der Waals surface area contributed by atoms with E-state index in [1.54, 1.807) is 18.3 Å². The van der Waals surface area contributed by atoms with Crippen LogP contribution in [0, 0.1) is 12.7 Å². The van der Waals surface area contributed by atoms with Crippen molar-refractivity contribution in [2.45, 2.75) is 45.2 Å². The van der Waals surface area contributed by atoms with Gasteiger partial charge in [-0.3, -0.25) is 4.79 Å². The standard InChI is InChI=1S/C19H25FN4O/c1-15-21-9-12-23(15)10-4-8-19(25)22-17-6-3-11-24(14-17)18-7-2-5-16(20)13-18/h2,5,7,9,12-13,17H,3-4,6,8,10-11,14H2,1H3,(H,22,25)/t17-/m1/s1. The van der Waals surface area contributed by atoms with Gasteiger partial charge < -0.3 is 14.8 Å². The van der Waals surface area contributed by atoms with E-state index in [-0.39, 0.29) is 17.8 Å². The SMILES string of the molecule is Cc1nccn1CCCC(=O)N[C@@H]1CCCN(c2cccc(F)c2)C1. The molecule has 1 aromatic heterocycles. The molecular weight excluding hydrogens is 319 g/mol. The summed E-state index contributed by atoms with van der Waals surface area (Å²) >= 11 is 0. The molecule has 0 spiro atoms. The van der Waals surface area contributed by atoms with Crippen molar-refractivity contribution in [1.29, 1.82) is 0 Å². The Hall–Kier alpha value is -2.37. The summed E-state index contributed by atoms with van der Waals surface area (Å²) in [5, 5.41) is 3.13. The molecule has 1 fully saturated rings. The number of nitrogens with one attached hydrogen (secondary N) is 1. The van der Waals surface area contributed by atoms with Crippen LogP contribution in [-0.2, 0) is 11.3 Å². The smallest absolute Gasteiger partial charge is 0.220 e. The molecule has 25 heavy (non-hydrogen) atoms. The monoisotopic (exact) mass is 344 g/mol. The summed E-state index contributed by atoms with van der Waals surface area (Å²) in [6, 6.07) is 6.78. The highest BCUT2D eigenvalue weighted by atomic mass is 19.1. The molecule has 134 valence electrons. The molecule has 6 heteroatoms. The highest BCUT2D eigenvalue weighted by molar-refractivity contribution is 5.76. The highest BCUT2D eigenvalue weighted by Gasteiger charge is 2.21. The Morgan fingerprint density at radius 3 is 3.08 bits per heavy atom. The third kappa shape index (κ3) is 4.81. The molecule has 0 unspecified atom stereocenters. The maximum Gasteiger partial charge on any atom is 0.220 e. The van der Waals surface area contributed by atoms with Gasteiger partial charge in [0.15, 0.2) is 0 Å². The number of halogens is 1. The number of benzene rings is 1. The van der Waals surface area contributed by atoms with Crippen molar-refractivity contribution < 1.29 is 9.18 Å². The molecule has 1 aromatic carbocycles. The predicted octanol–water partition coefficient (Wildman–Crippen LogP) is 2.90. The van der Waals surface area contributed by atoms with Gasteiger partial charge in [-0.1, -0.05) is 6.07 Å². The van der Waals surface area contributed by atoms with Crippen molar-refractivity contribution in [1.82, 2.24) is 14.9 Å². The zero-order valence-electron chi connectivity index (χ0n) is 14.6. The van der Waals surface area contributed by atoms with E-state index in [4.69, 9.17) is 0 Å². The lowest BCUT2D eigenvalue weighted by atomic mass is 10.0. The second-order valence-corrected chi connectivity index (χ2v) is 6.60. The van der Waals surface area contributed by atoms with E-state index in [9.17, 15) is 9.18 Å². The van der Waals surface area contributed by atoms with Gasteiger partial charge in [-0.2, -0.15) is 0 Å². The molecule has 1 saturated heterocycles. The van der Waals surface area contributed by atoms with Crippen LogP contribution in [0.2, 0.25) is 0 Å². The summed E-state index contributed by atoms with van der Waals surface area (Å²) in [5.41, 5.74) is 0.884. The van der Waals surface area contributed by atoms with Crippen LogP contribution in [0.1, 0.15) is 31.5 Å². The van der Waals surface area contributed by atoms with Gasteiger partial charge in [-0.05, 0) is 44.4 Å². The molecule has 0 bridgehead atoms. The minimum atomic E-state index is -0.224. The van der Waals surface area contributed by atoms with Crippen molar-refractivity contribution in [3.05, 3.63) is 48.3 Å². The third-order valence-corrected chi connectivity index (χ3v) is 4.69. The number of rotatable bonds is 6. The van der Waals surface area contributed by atoms with Crippen molar-refractivity contribution in [3.63, 3.8) is 0 Å². The van der Waals surface area contributed by atoms with Gasteiger partial charge in [0.25, 0.3) is 0 Å². The molecule has 5 nitrogen and oxygen atoms in total. The molecular formula is C19H25FN4O. The molecule has 0 radical (unpaired) electrons. The first-order chi connectivity index (χ1) is 12.1. The Balaban J connectivity index is 1.45. The lowest BCUT2D eigenvalue weighted by Gasteiger charge is -2.34. The van der Waals surface area contributed by atoms with Crippen LogP contribution in [0.3, 0.4) is 0 Å². The number of piperidine rings is 1. The Kier molecular flexibility index (Phi) is 5.68. The van der Waals surface area contributed by atoms with Gasteiger partial charge in [0, 0.05) is 50.2 Å². The Morgan fingerprint density at radius 2 is 2.32 bits per heavy atom. The second-order valence-electron chi connectivity index (χ2n) is 6.60. The fraction of sp³-hybridized carbons (Fsp3) is 0.474. The van der Waals surface area contributed by atoms with E-state index in [1.165, 1.54) is 6.07 Å². The number of carbonyl (C=O) groups is 1. The second kappa shape index (κ2) is 8.14. The number of carbonyl (C=O) groups excluding carboxylic acids is 1. The van der Waals surface area contributed by atoms with Crippen LogP contribution in [0.5, 0.6) is 0 Å². The van der Waals surface area contributed by atoms with E-state index >= 15 is 0 Å². The summed E-state index contributed by atoms with van der Waals surface area (Å²) in [4.78, 5) is 18.5. The van der Waals surface area contributed by atoms with Gasteiger partial charge in [-0.15, -0.1) is 0 Å². The summed E-state index contributed by atoms with van der Waals surface area (Å²) in [6.07, 6.45) is 6.98. The van der Waals surface area contributed by atoms with Crippen LogP contribution in [-0.4, -0.2) is 34.6 Å². The highest BCUT2D eigenvalue weighted by Crippen LogP contribution is 2.20. The molecule has 1 amide bonds. The summed E-state index contributed by atoms with van der Waals surface area (Å²) in [5.74, 6) is 0.834. The van der Waals surface area contributed by atoms with Crippen LogP contribution in [0.4, 0.5) is 10.1 Å².